The predicted octanol–water partition coefficient (Wildman–Crippen LogP) is 5.81. The third-order valence-electron chi connectivity index (χ3n) is 6.13. The molecule has 30 heavy (non-hydrogen) atoms. The number of rotatable bonds is 1. The molecule has 6 rings (SSSR count). The van der Waals surface area contributed by atoms with Gasteiger partial charge in [-0.05, 0) is 29.7 Å². The molecular formula is C26H16ClNO2. The van der Waals surface area contributed by atoms with Gasteiger partial charge in [-0.2, -0.15) is 0 Å². The number of carbonyl (C=O) groups is 2. The van der Waals surface area contributed by atoms with E-state index in [0.29, 0.717) is 33.8 Å². The van der Waals surface area contributed by atoms with Gasteiger partial charge in [0.2, 0.25) is 0 Å². The molecule has 0 N–H and O–H groups in total. The van der Waals surface area contributed by atoms with Gasteiger partial charge in [0.25, 0.3) is 0 Å². The SMILES string of the molecule is O=C1c2ccccc2C(=O)c2c1c(-c1ccc(Cl)cc1)n1c2-c2ccccc2CC1. The highest BCUT2D eigenvalue weighted by atomic mass is 35.5. The molecule has 0 radical (unpaired) electrons. The maximum Gasteiger partial charge on any atom is 0.196 e. The van der Waals surface area contributed by atoms with Crippen molar-refractivity contribution in [3.05, 3.63) is 106 Å². The van der Waals surface area contributed by atoms with Crippen LogP contribution in [0.3, 0.4) is 0 Å². The minimum absolute atomic E-state index is 0.0825. The molecule has 1 aliphatic carbocycles. The van der Waals surface area contributed by atoms with E-state index < -0.39 is 0 Å². The van der Waals surface area contributed by atoms with Crippen molar-refractivity contribution >= 4 is 23.2 Å². The van der Waals surface area contributed by atoms with Crippen molar-refractivity contribution in [1.82, 2.24) is 4.57 Å². The van der Waals surface area contributed by atoms with Crippen molar-refractivity contribution < 1.29 is 9.59 Å². The predicted molar refractivity (Wildman–Crippen MR) is 117 cm³/mol. The summed E-state index contributed by atoms with van der Waals surface area (Å²) < 4.78 is 2.15. The molecule has 1 aliphatic heterocycles. The topological polar surface area (TPSA) is 39.1 Å². The lowest BCUT2D eigenvalue weighted by Gasteiger charge is -2.22. The van der Waals surface area contributed by atoms with Gasteiger partial charge in [-0.3, -0.25) is 9.59 Å². The molecule has 4 aromatic rings. The molecule has 0 spiro atoms. The minimum atomic E-state index is -0.0930. The standard InChI is InChI=1S/C26H16ClNO2/c27-17-11-9-16(10-12-17)23-21-22(26(30)20-8-4-3-7-19(20)25(21)29)24-18-6-2-1-5-15(18)13-14-28(23)24/h1-12H,13-14H2. The summed E-state index contributed by atoms with van der Waals surface area (Å²) in [5.41, 5.74) is 6.76. The Morgan fingerprint density at radius 2 is 1.23 bits per heavy atom. The van der Waals surface area contributed by atoms with Crippen LogP contribution in [0.15, 0.2) is 72.8 Å². The monoisotopic (exact) mass is 409 g/mol. The van der Waals surface area contributed by atoms with Crippen LogP contribution in [0.5, 0.6) is 0 Å². The summed E-state index contributed by atoms with van der Waals surface area (Å²) >= 11 is 6.12. The third-order valence-corrected chi connectivity index (χ3v) is 6.38. The van der Waals surface area contributed by atoms with Gasteiger partial charge in [-0.15, -0.1) is 0 Å². The van der Waals surface area contributed by atoms with Crippen LogP contribution in [0.25, 0.3) is 22.5 Å². The Hall–Kier alpha value is -3.43. The first-order valence-corrected chi connectivity index (χ1v) is 10.3. The van der Waals surface area contributed by atoms with Crippen molar-refractivity contribution in [1.29, 1.82) is 0 Å². The highest BCUT2D eigenvalue weighted by Crippen LogP contribution is 2.45. The molecule has 3 aromatic carbocycles. The molecule has 0 saturated heterocycles. The highest BCUT2D eigenvalue weighted by molar-refractivity contribution is 6.32. The Morgan fingerprint density at radius 1 is 0.667 bits per heavy atom. The van der Waals surface area contributed by atoms with Crippen LogP contribution >= 0.6 is 11.6 Å². The lowest BCUT2D eigenvalue weighted by atomic mass is 9.82. The average molecular weight is 410 g/mol. The van der Waals surface area contributed by atoms with Crippen LogP contribution in [0.2, 0.25) is 5.02 Å². The molecule has 0 atom stereocenters. The number of carbonyl (C=O) groups excluding carboxylic acids is 2. The van der Waals surface area contributed by atoms with Gasteiger partial charge in [0, 0.05) is 28.3 Å². The largest absolute Gasteiger partial charge is 0.339 e. The summed E-state index contributed by atoms with van der Waals surface area (Å²) in [6, 6.07) is 22.8. The fraction of sp³-hybridized carbons (Fsp3) is 0.0769. The molecule has 2 aliphatic rings. The van der Waals surface area contributed by atoms with Gasteiger partial charge >= 0.3 is 0 Å². The number of ketones is 2. The second kappa shape index (κ2) is 6.28. The van der Waals surface area contributed by atoms with Crippen molar-refractivity contribution in [2.75, 3.05) is 0 Å². The van der Waals surface area contributed by atoms with E-state index in [9.17, 15) is 9.59 Å². The Labute approximate surface area is 178 Å². The molecule has 0 fully saturated rings. The number of aryl methyl sites for hydroxylation is 1. The quantitative estimate of drug-likeness (QED) is 0.350. The zero-order valence-electron chi connectivity index (χ0n) is 16.0. The zero-order valence-corrected chi connectivity index (χ0v) is 16.7. The minimum Gasteiger partial charge on any atom is -0.339 e. The van der Waals surface area contributed by atoms with Gasteiger partial charge in [-0.25, -0.2) is 0 Å². The molecular weight excluding hydrogens is 394 g/mol. The van der Waals surface area contributed by atoms with Gasteiger partial charge in [0.1, 0.15) is 0 Å². The van der Waals surface area contributed by atoms with Gasteiger partial charge in [-0.1, -0.05) is 72.3 Å². The first-order valence-electron chi connectivity index (χ1n) is 9.94. The Balaban J connectivity index is 1.75. The zero-order chi connectivity index (χ0) is 20.4. The Morgan fingerprint density at radius 3 is 1.90 bits per heavy atom. The van der Waals surface area contributed by atoms with Crippen LogP contribution in [0.1, 0.15) is 37.4 Å². The normalized spacial score (nSPS) is 14.0. The number of aromatic nitrogens is 1. The molecule has 2 heterocycles. The van der Waals surface area contributed by atoms with E-state index in [4.69, 9.17) is 11.6 Å². The number of nitrogens with zero attached hydrogens (tertiary/aromatic N) is 1. The summed E-state index contributed by atoms with van der Waals surface area (Å²) in [5.74, 6) is -0.176. The number of fused-ring (bicyclic) bond motifs is 6. The molecule has 4 heteroatoms. The second-order valence-electron chi connectivity index (χ2n) is 7.72. The molecule has 0 saturated carbocycles. The first kappa shape index (κ1) is 17.4. The van der Waals surface area contributed by atoms with Crippen molar-refractivity contribution in [3.63, 3.8) is 0 Å². The Bertz CT molecular complexity index is 1380. The lowest BCUT2D eigenvalue weighted by molar-refractivity contribution is 0.0981. The molecule has 3 nitrogen and oxygen atoms in total. The first-order chi connectivity index (χ1) is 14.6. The van der Waals surface area contributed by atoms with Crippen molar-refractivity contribution in [2.45, 2.75) is 13.0 Å². The maximum atomic E-state index is 13.7. The van der Waals surface area contributed by atoms with Crippen LogP contribution in [-0.4, -0.2) is 16.1 Å². The van der Waals surface area contributed by atoms with Gasteiger partial charge in [0.15, 0.2) is 11.6 Å². The van der Waals surface area contributed by atoms with E-state index in [1.165, 1.54) is 5.56 Å². The molecule has 144 valence electrons. The maximum absolute atomic E-state index is 13.7. The summed E-state index contributed by atoms with van der Waals surface area (Å²) in [6.07, 6.45) is 0.854. The van der Waals surface area contributed by atoms with E-state index in [1.807, 2.05) is 54.6 Å². The summed E-state index contributed by atoms with van der Waals surface area (Å²) in [6.45, 7) is 0.716. The number of halogens is 1. The van der Waals surface area contributed by atoms with Gasteiger partial charge < -0.3 is 4.57 Å². The molecule has 0 bridgehead atoms. The fourth-order valence-corrected chi connectivity index (χ4v) is 4.95. The summed E-state index contributed by atoms with van der Waals surface area (Å²) in [7, 11) is 0. The molecule has 1 aromatic heterocycles. The molecule has 0 unspecified atom stereocenters. The van der Waals surface area contributed by atoms with Gasteiger partial charge in [0.05, 0.1) is 22.5 Å². The van der Waals surface area contributed by atoms with E-state index in [1.54, 1.807) is 12.1 Å². The van der Waals surface area contributed by atoms with Crippen LogP contribution in [-0.2, 0) is 13.0 Å². The summed E-state index contributed by atoms with van der Waals surface area (Å²) in [5, 5.41) is 0.635. The Kier molecular flexibility index (Phi) is 3.65. The number of hydrogen-bond donors (Lipinski definition) is 0. The lowest BCUT2D eigenvalue weighted by Crippen LogP contribution is -2.20. The average Bonchev–Trinajstić information content (AvgIpc) is 3.14. The van der Waals surface area contributed by atoms with E-state index >= 15 is 0 Å². The number of benzene rings is 3. The van der Waals surface area contributed by atoms with E-state index in [0.717, 1.165) is 28.9 Å². The van der Waals surface area contributed by atoms with Crippen molar-refractivity contribution in [2.24, 2.45) is 0 Å². The second-order valence-corrected chi connectivity index (χ2v) is 8.15. The number of hydrogen-bond acceptors (Lipinski definition) is 2. The van der Waals surface area contributed by atoms with Crippen LogP contribution in [0.4, 0.5) is 0 Å². The fourth-order valence-electron chi connectivity index (χ4n) is 4.82. The highest BCUT2D eigenvalue weighted by Gasteiger charge is 2.39. The smallest absolute Gasteiger partial charge is 0.196 e. The van der Waals surface area contributed by atoms with Crippen molar-refractivity contribution in [3.8, 4) is 22.5 Å². The van der Waals surface area contributed by atoms with E-state index in [2.05, 4.69) is 10.6 Å². The van der Waals surface area contributed by atoms with Crippen LogP contribution in [0, 0.1) is 0 Å². The third kappa shape index (κ3) is 2.27. The summed E-state index contributed by atoms with van der Waals surface area (Å²) in [4.78, 5) is 27.3. The molecule has 0 amide bonds. The van der Waals surface area contributed by atoms with Crippen LogP contribution < -0.4 is 0 Å². The van der Waals surface area contributed by atoms with E-state index in [-0.39, 0.29) is 11.6 Å².